The predicted molar refractivity (Wildman–Crippen MR) is 80.5 cm³/mol. The molecule has 2 aliphatic heterocycles. The number of carboxylic acid groups (broad SMARTS) is 1. The van der Waals surface area contributed by atoms with Gasteiger partial charge in [0.1, 0.15) is 12.1 Å². The first-order valence-corrected chi connectivity index (χ1v) is 7.84. The average molecular weight is 325 g/mol. The minimum absolute atomic E-state index is 0.1000. The van der Waals surface area contributed by atoms with E-state index >= 15 is 0 Å². The Balaban J connectivity index is 1.94. The van der Waals surface area contributed by atoms with Gasteiger partial charge in [0.25, 0.3) is 5.91 Å². The fourth-order valence-electron chi connectivity index (χ4n) is 3.05. The van der Waals surface area contributed by atoms with Crippen LogP contribution in [0.25, 0.3) is 0 Å². The van der Waals surface area contributed by atoms with Crippen LogP contribution >= 0.6 is 0 Å². The van der Waals surface area contributed by atoms with E-state index in [1.807, 2.05) is 0 Å². The summed E-state index contributed by atoms with van der Waals surface area (Å²) < 4.78 is 0. The lowest BCUT2D eigenvalue weighted by Gasteiger charge is -2.35. The van der Waals surface area contributed by atoms with Gasteiger partial charge < -0.3 is 14.9 Å². The van der Waals surface area contributed by atoms with Crippen LogP contribution in [0.2, 0.25) is 0 Å². The fraction of sp³-hybridized carbons (Fsp3) is 0.733. The third-order valence-electron chi connectivity index (χ3n) is 4.63. The number of amides is 4. The summed E-state index contributed by atoms with van der Waals surface area (Å²) in [4.78, 5) is 49.6. The maximum absolute atomic E-state index is 12.5. The molecule has 8 heteroatoms. The smallest absolute Gasteiger partial charge is 0.325 e. The van der Waals surface area contributed by atoms with Gasteiger partial charge in [0.2, 0.25) is 5.91 Å². The van der Waals surface area contributed by atoms with Crippen molar-refractivity contribution < 1.29 is 24.3 Å². The second kappa shape index (κ2) is 6.55. The number of aliphatic carboxylic acids is 1. The van der Waals surface area contributed by atoms with E-state index in [4.69, 9.17) is 5.11 Å². The third-order valence-corrected chi connectivity index (χ3v) is 4.63. The van der Waals surface area contributed by atoms with Gasteiger partial charge in [0.05, 0.1) is 0 Å². The van der Waals surface area contributed by atoms with Crippen LogP contribution in [0.3, 0.4) is 0 Å². The maximum atomic E-state index is 12.5. The van der Waals surface area contributed by atoms with Gasteiger partial charge in [-0.1, -0.05) is 0 Å². The van der Waals surface area contributed by atoms with Gasteiger partial charge in [-0.15, -0.1) is 0 Å². The number of urea groups is 1. The average Bonchev–Trinajstić information content (AvgIpc) is 2.67. The Morgan fingerprint density at radius 2 is 2.04 bits per heavy atom. The molecule has 0 aromatic rings. The second-order valence-electron chi connectivity index (χ2n) is 6.68. The molecule has 2 fully saturated rings. The van der Waals surface area contributed by atoms with Crippen LogP contribution in [-0.2, 0) is 14.4 Å². The van der Waals surface area contributed by atoms with Gasteiger partial charge in [0.15, 0.2) is 0 Å². The summed E-state index contributed by atoms with van der Waals surface area (Å²) in [5.74, 6) is -1.27. The summed E-state index contributed by atoms with van der Waals surface area (Å²) in [5.41, 5.74) is -1.04. The van der Waals surface area contributed by atoms with Crippen molar-refractivity contribution in [2.24, 2.45) is 5.92 Å². The van der Waals surface area contributed by atoms with Crippen molar-refractivity contribution in [3.8, 4) is 0 Å². The highest BCUT2D eigenvalue weighted by molar-refractivity contribution is 6.07. The van der Waals surface area contributed by atoms with Crippen molar-refractivity contribution >= 4 is 23.8 Å². The standard InChI is InChI=1S/C15H23N3O5/c1-15(2)13(22)16-14(23)18(15)9-11(19)17-7-3-4-10(8-17)5-6-12(20)21/h10H,3-9H2,1-2H3,(H,20,21)(H,16,22,23). The number of carbonyl (C=O) groups is 4. The zero-order valence-corrected chi connectivity index (χ0v) is 13.5. The molecule has 2 heterocycles. The summed E-state index contributed by atoms with van der Waals surface area (Å²) in [5, 5.41) is 11.0. The Morgan fingerprint density at radius 1 is 1.35 bits per heavy atom. The van der Waals surface area contributed by atoms with Crippen LogP contribution in [0.15, 0.2) is 0 Å². The van der Waals surface area contributed by atoms with E-state index in [0.29, 0.717) is 19.5 Å². The van der Waals surface area contributed by atoms with Crippen LogP contribution in [0, 0.1) is 5.92 Å². The van der Waals surface area contributed by atoms with Gasteiger partial charge in [-0.05, 0) is 39.0 Å². The highest BCUT2D eigenvalue weighted by Crippen LogP contribution is 2.24. The topological polar surface area (TPSA) is 107 Å². The monoisotopic (exact) mass is 325 g/mol. The highest BCUT2D eigenvalue weighted by Gasteiger charge is 2.46. The second-order valence-corrected chi connectivity index (χ2v) is 6.68. The number of nitrogens with one attached hydrogen (secondary N) is 1. The van der Waals surface area contributed by atoms with E-state index in [1.165, 1.54) is 4.90 Å². The first kappa shape index (κ1) is 17.2. The molecule has 8 nitrogen and oxygen atoms in total. The van der Waals surface area contributed by atoms with Crippen molar-refractivity contribution in [1.82, 2.24) is 15.1 Å². The van der Waals surface area contributed by atoms with E-state index in [-0.39, 0.29) is 24.8 Å². The van der Waals surface area contributed by atoms with Gasteiger partial charge in [0, 0.05) is 19.5 Å². The fourth-order valence-corrected chi connectivity index (χ4v) is 3.05. The van der Waals surface area contributed by atoms with Crippen molar-refractivity contribution in [3.63, 3.8) is 0 Å². The first-order chi connectivity index (χ1) is 10.7. The van der Waals surface area contributed by atoms with Crippen LogP contribution < -0.4 is 5.32 Å². The van der Waals surface area contributed by atoms with E-state index in [2.05, 4.69) is 5.32 Å². The molecule has 4 amide bonds. The molecule has 0 saturated carbocycles. The van der Waals surface area contributed by atoms with Gasteiger partial charge >= 0.3 is 12.0 Å². The van der Waals surface area contributed by atoms with E-state index in [9.17, 15) is 19.2 Å². The molecule has 0 radical (unpaired) electrons. The number of imide groups is 1. The Bertz CT molecular complexity index is 531. The minimum Gasteiger partial charge on any atom is -0.481 e. The molecule has 0 aromatic heterocycles. The van der Waals surface area contributed by atoms with Gasteiger partial charge in [-0.2, -0.15) is 0 Å². The Labute approximate surface area is 134 Å². The molecule has 2 N–H and O–H groups in total. The molecular formula is C15H23N3O5. The molecule has 0 aromatic carbocycles. The molecule has 2 rings (SSSR count). The number of nitrogens with zero attached hydrogens (tertiary/aromatic N) is 2. The number of hydrogen-bond acceptors (Lipinski definition) is 4. The number of carbonyl (C=O) groups excluding carboxylic acids is 3. The molecule has 0 spiro atoms. The SMILES string of the molecule is CC1(C)C(=O)NC(=O)N1CC(=O)N1CCCC(CCC(=O)O)C1. The molecule has 0 bridgehead atoms. The molecule has 2 aliphatic rings. The summed E-state index contributed by atoms with van der Waals surface area (Å²) in [6, 6.07) is -0.548. The number of rotatable bonds is 5. The van der Waals surface area contributed by atoms with Gasteiger partial charge in [-0.3, -0.25) is 19.7 Å². The molecular weight excluding hydrogens is 302 g/mol. The number of carboxylic acids is 1. The highest BCUT2D eigenvalue weighted by atomic mass is 16.4. The Hall–Kier alpha value is -2.12. The van der Waals surface area contributed by atoms with Crippen LogP contribution in [0.5, 0.6) is 0 Å². The summed E-state index contributed by atoms with van der Waals surface area (Å²) in [6.07, 6.45) is 2.38. The Kier molecular flexibility index (Phi) is 4.91. The summed E-state index contributed by atoms with van der Waals surface area (Å²) >= 11 is 0. The molecule has 0 aliphatic carbocycles. The van der Waals surface area contributed by atoms with Crippen LogP contribution in [0.1, 0.15) is 39.5 Å². The van der Waals surface area contributed by atoms with Crippen molar-refractivity contribution in [2.75, 3.05) is 19.6 Å². The quantitative estimate of drug-likeness (QED) is 0.712. The van der Waals surface area contributed by atoms with Gasteiger partial charge in [-0.25, -0.2) is 4.79 Å². The van der Waals surface area contributed by atoms with E-state index in [0.717, 1.165) is 12.8 Å². The van der Waals surface area contributed by atoms with Crippen molar-refractivity contribution in [1.29, 1.82) is 0 Å². The largest absolute Gasteiger partial charge is 0.481 e. The first-order valence-electron chi connectivity index (χ1n) is 7.84. The van der Waals surface area contributed by atoms with Crippen molar-refractivity contribution in [3.05, 3.63) is 0 Å². The van der Waals surface area contributed by atoms with Crippen LogP contribution in [0.4, 0.5) is 4.79 Å². The normalized spacial score (nSPS) is 23.8. The van der Waals surface area contributed by atoms with E-state index < -0.39 is 23.4 Å². The lowest BCUT2D eigenvalue weighted by molar-refractivity contribution is -0.137. The lowest BCUT2D eigenvalue weighted by atomic mass is 9.93. The minimum atomic E-state index is -1.04. The molecule has 1 atom stereocenters. The zero-order valence-electron chi connectivity index (χ0n) is 13.5. The van der Waals surface area contributed by atoms with E-state index in [1.54, 1.807) is 18.7 Å². The Morgan fingerprint density at radius 3 is 2.61 bits per heavy atom. The predicted octanol–water partition coefficient (Wildman–Crippen LogP) is 0.420. The molecule has 2 saturated heterocycles. The lowest BCUT2D eigenvalue weighted by Crippen LogP contribution is -2.51. The number of likely N-dealkylation sites (tertiary alicyclic amines) is 1. The molecule has 23 heavy (non-hydrogen) atoms. The maximum Gasteiger partial charge on any atom is 0.325 e. The summed E-state index contributed by atoms with van der Waals surface area (Å²) in [6.45, 7) is 4.18. The van der Waals surface area contributed by atoms with Crippen molar-refractivity contribution in [2.45, 2.75) is 45.1 Å². The molecule has 1 unspecified atom stereocenters. The zero-order chi connectivity index (χ0) is 17.2. The number of piperidine rings is 1. The number of hydrogen-bond donors (Lipinski definition) is 2. The third kappa shape index (κ3) is 3.80. The molecule has 128 valence electrons. The van der Waals surface area contributed by atoms with Crippen LogP contribution in [-0.4, -0.2) is 63.9 Å². The summed E-state index contributed by atoms with van der Waals surface area (Å²) in [7, 11) is 0.